The molecule has 2 aromatic carbocycles. The standard InChI is InChI=1S/C24H18BrN3O8/c1-34-23(30)20-8-7-16(36-20)12-27-22(29)18(26-24(27)31)10-15-9-17(25)21(19(11-15)28(32)33)35-13-14-5-3-2-4-6-14/h2-11H,12-13H2,1H3,(H,26,31)/b18-10-. The van der Waals surface area contributed by atoms with Crippen LogP contribution in [0, 0.1) is 10.1 Å². The van der Waals surface area contributed by atoms with Gasteiger partial charge in [-0.3, -0.25) is 19.8 Å². The van der Waals surface area contributed by atoms with Crippen LogP contribution >= 0.6 is 15.9 Å². The zero-order valence-electron chi connectivity index (χ0n) is 18.7. The highest BCUT2D eigenvalue weighted by atomic mass is 79.9. The first-order valence-corrected chi connectivity index (χ1v) is 11.2. The van der Waals surface area contributed by atoms with Crippen LogP contribution in [0.4, 0.5) is 10.5 Å². The number of imide groups is 1. The summed E-state index contributed by atoms with van der Waals surface area (Å²) in [5.74, 6) is -1.20. The quantitative estimate of drug-likeness (QED) is 0.141. The lowest BCUT2D eigenvalue weighted by Gasteiger charge is -2.10. The van der Waals surface area contributed by atoms with Gasteiger partial charge in [0.2, 0.25) is 11.5 Å². The van der Waals surface area contributed by atoms with Crippen LogP contribution in [-0.4, -0.2) is 34.8 Å². The highest BCUT2D eigenvalue weighted by Crippen LogP contribution is 2.37. The van der Waals surface area contributed by atoms with E-state index in [1.54, 1.807) is 0 Å². The minimum atomic E-state index is -0.710. The summed E-state index contributed by atoms with van der Waals surface area (Å²) in [6, 6.07) is 14.1. The minimum Gasteiger partial charge on any atom is -0.481 e. The van der Waals surface area contributed by atoms with E-state index < -0.39 is 22.8 Å². The molecule has 3 amide bonds. The number of nitrogens with one attached hydrogen (secondary N) is 1. The van der Waals surface area contributed by atoms with Crippen LogP contribution in [0.3, 0.4) is 0 Å². The Kier molecular flexibility index (Phi) is 7.15. The second kappa shape index (κ2) is 10.4. The summed E-state index contributed by atoms with van der Waals surface area (Å²) in [5, 5.41) is 14.2. The normalized spacial score (nSPS) is 14.2. The Bertz CT molecular complexity index is 1380. The van der Waals surface area contributed by atoms with Crippen LogP contribution in [0.15, 0.2) is 69.2 Å². The lowest BCUT2D eigenvalue weighted by molar-refractivity contribution is -0.386. The predicted octanol–water partition coefficient (Wildman–Crippen LogP) is 4.41. The van der Waals surface area contributed by atoms with Crippen LogP contribution in [0.2, 0.25) is 0 Å². The molecule has 0 saturated carbocycles. The molecule has 0 radical (unpaired) electrons. The Balaban J connectivity index is 1.55. The van der Waals surface area contributed by atoms with Crippen molar-refractivity contribution in [2.24, 2.45) is 0 Å². The molecule has 1 aliphatic heterocycles. The Morgan fingerprint density at radius 2 is 1.94 bits per heavy atom. The van der Waals surface area contributed by atoms with Crippen LogP contribution in [0.1, 0.15) is 27.4 Å². The van der Waals surface area contributed by atoms with Gasteiger partial charge in [0, 0.05) is 6.07 Å². The number of carbonyl (C=O) groups is 3. The van der Waals surface area contributed by atoms with Gasteiger partial charge in [-0.25, -0.2) is 9.59 Å². The van der Waals surface area contributed by atoms with E-state index in [1.807, 2.05) is 30.3 Å². The molecular weight excluding hydrogens is 538 g/mol. The number of nitro benzene ring substituents is 1. The Labute approximate surface area is 212 Å². The second-order valence-electron chi connectivity index (χ2n) is 7.52. The van der Waals surface area contributed by atoms with Crippen molar-refractivity contribution in [1.82, 2.24) is 10.2 Å². The molecule has 36 heavy (non-hydrogen) atoms. The number of ether oxygens (including phenoxy) is 2. The highest BCUT2D eigenvalue weighted by molar-refractivity contribution is 9.10. The van der Waals surface area contributed by atoms with Crippen molar-refractivity contribution < 1.29 is 33.2 Å². The summed E-state index contributed by atoms with van der Waals surface area (Å²) in [6.45, 7) is -0.107. The number of furan rings is 1. The number of nitrogens with zero attached hydrogens (tertiary/aromatic N) is 2. The summed E-state index contributed by atoms with van der Waals surface area (Å²) < 4.78 is 15.9. The van der Waals surface area contributed by atoms with E-state index >= 15 is 0 Å². The first-order valence-electron chi connectivity index (χ1n) is 10.4. The molecule has 1 N–H and O–H groups in total. The van der Waals surface area contributed by atoms with Gasteiger partial charge < -0.3 is 19.2 Å². The topological polar surface area (TPSA) is 141 Å². The molecule has 1 aliphatic rings. The average molecular weight is 556 g/mol. The summed E-state index contributed by atoms with van der Waals surface area (Å²) >= 11 is 3.30. The maximum atomic E-state index is 12.8. The molecule has 0 atom stereocenters. The van der Waals surface area contributed by atoms with Gasteiger partial charge in [-0.2, -0.15) is 0 Å². The Hall–Kier alpha value is -4.45. The number of amides is 3. The number of hydrogen-bond donors (Lipinski definition) is 1. The van der Waals surface area contributed by atoms with E-state index in [1.165, 1.54) is 37.5 Å². The van der Waals surface area contributed by atoms with Gasteiger partial charge >= 0.3 is 17.7 Å². The van der Waals surface area contributed by atoms with E-state index in [-0.39, 0.29) is 47.4 Å². The molecule has 0 unspecified atom stereocenters. The molecular formula is C24H18BrN3O8. The van der Waals surface area contributed by atoms with Gasteiger partial charge in [-0.05, 0) is 51.3 Å². The van der Waals surface area contributed by atoms with Gasteiger partial charge in [0.25, 0.3) is 5.91 Å². The van der Waals surface area contributed by atoms with Crippen molar-refractivity contribution in [3.8, 4) is 5.75 Å². The number of nitro groups is 1. The zero-order valence-corrected chi connectivity index (χ0v) is 20.3. The Morgan fingerprint density at radius 1 is 1.19 bits per heavy atom. The molecule has 1 saturated heterocycles. The number of urea groups is 1. The van der Waals surface area contributed by atoms with Crippen LogP contribution in [-0.2, 0) is 22.7 Å². The summed E-state index contributed by atoms with van der Waals surface area (Å²) in [7, 11) is 1.20. The summed E-state index contributed by atoms with van der Waals surface area (Å²) in [4.78, 5) is 48.8. The fraction of sp³-hybridized carbons (Fsp3) is 0.125. The molecule has 184 valence electrons. The molecule has 0 spiro atoms. The molecule has 0 aliphatic carbocycles. The van der Waals surface area contributed by atoms with Crippen molar-refractivity contribution in [2.75, 3.05) is 7.11 Å². The lowest BCUT2D eigenvalue weighted by atomic mass is 10.1. The van der Waals surface area contributed by atoms with E-state index in [4.69, 9.17) is 9.15 Å². The molecule has 1 aromatic heterocycles. The van der Waals surface area contributed by atoms with Gasteiger partial charge in [0.1, 0.15) is 18.1 Å². The number of hydrogen-bond acceptors (Lipinski definition) is 8. The minimum absolute atomic E-state index is 0.0358. The smallest absolute Gasteiger partial charge is 0.373 e. The van der Waals surface area contributed by atoms with Crippen LogP contribution < -0.4 is 10.1 Å². The van der Waals surface area contributed by atoms with Crippen molar-refractivity contribution in [2.45, 2.75) is 13.2 Å². The first-order chi connectivity index (χ1) is 17.3. The van der Waals surface area contributed by atoms with Crippen molar-refractivity contribution >= 4 is 45.6 Å². The van der Waals surface area contributed by atoms with Gasteiger partial charge in [-0.1, -0.05) is 30.3 Å². The van der Waals surface area contributed by atoms with Crippen LogP contribution in [0.25, 0.3) is 6.08 Å². The first kappa shape index (κ1) is 24.7. The maximum Gasteiger partial charge on any atom is 0.373 e. The van der Waals surface area contributed by atoms with E-state index in [0.717, 1.165) is 10.5 Å². The molecule has 11 nitrogen and oxygen atoms in total. The molecule has 3 aromatic rings. The number of esters is 1. The van der Waals surface area contributed by atoms with E-state index in [2.05, 4.69) is 26.0 Å². The van der Waals surface area contributed by atoms with Crippen molar-refractivity contribution in [1.29, 1.82) is 0 Å². The highest BCUT2D eigenvalue weighted by Gasteiger charge is 2.34. The third kappa shape index (κ3) is 5.28. The third-order valence-corrected chi connectivity index (χ3v) is 5.69. The molecule has 12 heteroatoms. The zero-order chi connectivity index (χ0) is 25.8. The number of halogens is 1. The number of rotatable bonds is 8. The van der Waals surface area contributed by atoms with Crippen LogP contribution in [0.5, 0.6) is 5.75 Å². The molecule has 2 heterocycles. The van der Waals surface area contributed by atoms with E-state index in [0.29, 0.717) is 4.47 Å². The largest absolute Gasteiger partial charge is 0.481 e. The molecule has 1 fully saturated rings. The third-order valence-electron chi connectivity index (χ3n) is 5.10. The number of benzene rings is 2. The Morgan fingerprint density at radius 3 is 2.64 bits per heavy atom. The fourth-order valence-corrected chi connectivity index (χ4v) is 3.98. The molecule has 4 rings (SSSR count). The molecule has 0 bridgehead atoms. The maximum absolute atomic E-state index is 12.8. The average Bonchev–Trinajstić information content (AvgIpc) is 3.43. The summed E-state index contributed by atoms with van der Waals surface area (Å²) in [6.07, 6.45) is 1.32. The van der Waals surface area contributed by atoms with Gasteiger partial charge in [-0.15, -0.1) is 0 Å². The lowest BCUT2D eigenvalue weighted by Crippen LogP contribution is -2.30. The van der Waals surface area contributed by atoms with Gasteiger partial charge in [0.15, 0.2) is 0 Å². The van der Waals surface area contributed by atoms with Gasteiger partial charge in [0.05, 0.1) is 23.1 Å². The second-order valence-corrected chi connectivity index (χ2v) is 8.37. The van der Waals surface area contributed by atoms with Crippen molar-refractivity contribution in [3.63, 3.8) is 0 Å². The number of methoxy groups -OCH3 is 1. The number of carbonyl (C=O) groups excluding carboxylic acids is 3. The fourth-order valence-electron chi connectivity index (χ4n) is 3.40. The summed E-state index contributed by atoms with van der Waals surface area (Å²) in [5.41, 5.74) is 0.724. The predicted molar refractivity (Wildman–Crippen MR) is 129 cm³/mol. The SMILES string of the molecule is COC(=O)c1ccc(CN2C(=O)N/C(=C\c3cc(Br)c(OCc4ccccc4)c([N+](=O)[O-])c3)C2=O)o1. The van der Waals surface area contributed by atoms with E-state index in [9.17, 15) is 24.5 Å². The van der Waals surface area contributed by atoms with Crippen molar-refractivity contribution in [3.05, 3.63) is 97.5 Å². The monoisotopic (exact) mass is 555 g/mol.